The highest BCUT2D eigenvalue weighted by Crippen LogP contribution is 2.47. The number of benzene rings is 1. The summed E-state index contributed by atoms with van der Waals surface area (Å²) in [7, 11) is 0. The molecule has 0 N–H and O–H groups in total. The third-order valence-corrected chi connectivity index (χ3v) is 5.45. The fourth-order valence-corrected chi connectivity index (χ4v) is 3.98. The van der Waals surface area contributed by atoms with Crippen LogP contribution in [0.5, 0.6) is 0 Å². The van der Waals surface area contributed by atoms with Gasteiger partial charge < -0.3 is 9.05 Å². The Kier molecular flexibility index (Phi) is 7.15. The molecule has 0 aliphatic rings. The average molecular weight is 327 g/mol. The fraction of sp³-hybridized carbons (Fsp3) is 0.500. The molecule has 1 rings (SSSR count). The summed E-state index contributed by atoms with van der Waals surface area (Å²) in [5, 5.41) is 0.677. The van der Waals surface area contributed by atoms with Crippen molar-refractivity contribution in [3.63, 3.8) is 0 Å². The van der Waals surface area contributed by atoms with E-state index >= 15 is 0 Å². The molecule has 0 bridgehead atoms. The predicted octanol–water partition coefficient (Wildman–Crippen LogP) is 3.91. The number of rotatable bonds is 7. The summed E-state index contributed by atoms with van der Waals surface area (Å²) in [6.45, 7) is 1.93. The first-order chi connectivity index (χ1) is 8.44. The molecule has 18 heavy (non-hydrogen) atoms. The molecule has 0 heterocycles. The lowest BCUT2D eigenvalue weighted by Gasteiger charge is -2.23. The standard InChI is InChI=1S/C12H17Cl2O2PS/c1-10(13)8-15-17(18,16-9-11(2)14)12-6-4-3-5-7-12/h3-7,10-11H,8-9H2,1-2H3. The molecular weight excluding hydrogens is 310 g/mol. The fourth-order valence-electron chi connectivity index (χ4n) is 1.20. The molecule has 102 valence electrons. The largest absolute Gasteiger partial charge is 0.324 e. The minimum absolute atomic E-state index is 0.104. The summed E-state index contributed by atoms with van der Waals surface area (Å²) in [6, 6.07) is 9.59. The molecule has 0 aliphatic carbocycles. The molecule has 0 amide bonds. The normalized spacial score (nSPS) is 18.0. The lowest BCUT2D eigenvalue weighted by Crippen LogP contribution is -2.16. The zero-order valence-corrected chi connectivity index (χ0v) is 13.6. The van der Waals surface area contributed by atoms with Crippen molar-refractivity contribution in [2.45, 2.75) is 24.6 Å². The second-order valence-corrected chi connectivity index (χ2v) is 8.95. The Morgan fingerprint density at radius 1 is 1.06 bits per heavy atom. The van der Waals surface area contributed by atoms with Crippen LogP contribution in [0.15, 0.2) is 30.3 Å². The Balaban J connectivity index is 2.83. The van der Waals surface area contributed by atoms with Gasteiger partial charge in [-0.1, -0.05) is 18.2 Å². The van der Waals surface area contributed by atoms with E-state index in [0.717, 1.165) is 5.30 Å². The van der Waals surface area contributed by atoms with E-state index in [1.807, 2.05) is 44.2 Å². The van der Waals surface area contributed by atoms with Crippen molar-refractivity contribution in [2.75, 3.05) is 13.2 Å². The third-order valence-electron chi connectivity index (χ3n) is 2.02. The molecule has 0 saturated carbocycles. The van der Waals surface area contributed by atoms with E-state index in [1.54, 1.807) is 0 Å². The van der Waals surface area contributed by atoms with Crippen molar-refractivity contribution in [1.82, 2.24) is 0 Å². The summed E-state index contributed by atoms with van der Waals surface area (Å²) < 4.78 is 11.5. The maximum absolute atomic E-state index is 5.90. The molecule has 0 spiro atoms. The van der Waals surface area contributed by atoms with E-state index in [2.05, 4.69) is 0 Å². The first-order valence-electron chi connectivity index (χ1n) is 5.67. The van der Waals surface area contributed by atoms with Gasteiger partial charge in [0.15, 0.2) is 0 Å². The highest BCUT2D eigenvalue weighted by molar-refractivity contribution is 8.13. The molecule has 0 radical (unpaired) electrons. The molecule has 6 heteroatoms. The van der Waals surface area contributed by atoms with Crippen LogP contribution in [0.2, 0.25) is 0 Å². The molecule has 0 aromatic heterocycles. The van der Waals surface area contributed by atoms with Crippen LogP contribution in [0, 0.1) is 0 Å². The first-order valence-corrected chi connectivity index (χ1v) is 9.18. The molecule has 2 unspecified atom stereocenters. The van der Waals surface area contributed by atoms with Crippen LogP contribution >= 0.6 is 29.7 Å². The van der Waals surface area contributed by atoms with Crippen molar-refractivity contribution < 1.29 is 9.05 Å². The summed E-state index contributed by atoms with van der Waals surface area (Å²) >= 11 is 17.4. The van der Waals surface area contributed by atoms with Crippen LogP contribution in [0.1, 0.15) is 13.8 Å². The van der Waals surface area contributed by atoms with E-state index in [1.165, 1.54) is 0 Å². The van der Waals surface area contributed by atoms with Gasteiger partial charge in [0.05, 0.1) is 24.0 Å². The van der Waals surface area contributed by atoms with Crippen molar-refractivity contribution in [1.29, 1.82) is 0 Å². The maximum Gasteiger partial charge on any atom is 0.219 e. The van der Waals surface area contributed by atoms with Crippen molar-refractivity contribution in [3.8, 4) is 0 Å². The second-order valence-electron chi connectivity index (χ2n) is 3.99. The topological polar surface area (TPSA) is 18.5 Å². The van der Waals surface area contributed by atoms with Crippen molar-refractivity contribution in [2.24, 2.45) is 0 Å². The maximum atomic E-state index is 5.90. The Hall–Kier alpha value is 0.370. The predicted molar refractivity (Wildman–Crippen MR) is 82.9 cm³/mol. The minimum atomic E-state index is -2.52. The van der Waals surface area contributed by atoms with Crippen LogP contribution in [-0.2, 0) is 20.9 Å². The summed E-state index contributed by atoms with van der Waals surface area (Å²) in [5.74, 6) is 0. The zero-order valence-electron chi connectivity index (χ0n) is 10.4. The van der Waals surface area contributed by atoms with Gasteiger partial charge in [-0.3, -0.25) is 0 Å². The lowest BCUT2D eigenvalue weighted by molar-refractivity contribution is 0.257. The van der Waals surface area contributed by atoms with Crippen LogP contribution in [0.4, 0.5) is 0 Å². The summed E-state index contributed by atoms with van der Waals surface area (Å²) in [4.78, 5) is 0. The number of alkyl halides is 2. The van der Waals surface area contributed by atoms with E-state index < -0.39 is 6.49 Å². The van der Waals surface area contributed by atoms with Gasteiger partial charge in [0.25, 0.3) is 0 Å². The van der Waals surface area contributed by atoms with Gasteiger partial charge in [-0.25, -0.2) is 0 Å². The Labute approximate surface area is 124 Å². The highest BCUT2D eigenvalue weighted by Gasteiger charge is 2.23. The molecule has 2 atom stereocenters. The third kappa shape index (κ3) is 5.56. The van der Waals surface area contributed by atoms with Gasteiger partial charge in [0.2, 0.25) is 6.49 Å². The van der Waals surface area contributed by atoms with E-state index in [0.29, 0.717) is 13.2 Å². The van der Waals surface area contributed by atoms with Crippen LogP contribution in [0.3, 0.4) is 0 Å². The summed E-state index contributed by atoms with van der Waals surface area (Å²) in [5.41, 5.74) is 0. The Bertz CT molecular complexity index is 382. The smallest absolute Gasteiger partial charge is 0.219 e. The van der Waals surface area contributed by atoms with Gasteiger partial charge in [0, 0.05) is 5.30 Å². The van der Waals surface area contributed by atoms with Crippen LogP contribution in [0.25, 0.3) is 0 Å². The molecule has 1 aromatic rings. The number of halogens is 2. The minimum Gasteiger partial charge on any atom is -0.324 e. The lowest BCUT2D eigenvalue weighted by atomic mass is 10.4. The van der Waals surface area contributed by atoms with Crippen molar-refractivity contribution in [3.05, 3.63) is 30.3 Å². The molecule has 0 fully saturated rings. The quantitative estimate of drug-likeness (QED) is 0.559. The SMILES string of the molecule is CC(Cl)COP(=S)(OCC(C)Cl)c1ccccc1. The molecular formula is C12H17Cl2O2PS. The molecule has 0 aliphatic heterocycles. The van der Waals surface area contributed by atoms with E-state index in [9.17, 15) is 0 Å². The average Bonchev–Trinajstić information content (AvgIpc) is 2.35. The molecule has 1 aromatic carbocycles. The summed E-state index contributed by atoms with van der Waals surface area (Å²) in [6.07, 6.45) is 0. The Morgan fingerprint density at radius 2 is 1.50 bits per heavy atom. The number of hydrogen-bond acceptors (Lipinski definition) is 3. The van der Waals surface area contributed by atoms with Gasteiger partial charge in [0.1, 0.15) is 0 Å². The Morgan fingerprint density at radius 3 is 1.89 bits per heavy atom. The van der Waals surface area contributed by atoms with Gasteiger partial charge >= 0.3 is 0 Å². The first kappa shape index (κ1) is 16.4. The van der Waals surface area contributed by atoms with Gasteiger partial charge in [-0.2, -0.15) is 0 Å². The van der Waals surface area contributed by atoms with Crippen LogP contribution in [-0.4, -0.2) is 24.0 Å². The molecule has 2 nitrogen and oxygen atoms in total. The van der Waals surface area contributed by atoms with E-state index in [-0.39, 0.29) is 10.8 Å². The van der Waals surface area contributed by atoms with Gasteiger partial charge in [-0.05, 0) is 37.8 Å². The van der Waals surface area contributed by atoms with Crippen molar-refractivity contribution >= 4 is 46.8 Å². The van der Waals surface area contributed by atoms with Gasteiger partial charge in [-0.15, -0.1) is 23.2 Å². The number of hydrogen-bond donors (Lipinski definition) is 0. The highest BCUT2D eigenvalue weighted by atomic mass is 35.5. The van der Waals surface area contributed by atoms with Crippen LogP contribution < -0.4 is 5.30 Å². The zero-order chi connectivity index (χ0) is 13.6. The monoisotopic (exact) mass is 326 g/mol. The molecule has 0 saturated heterocycles. The second kappa shape index (κ2) is 7.84. The van der Waals surface area contributed by atoms with E-state index in [4.69, 9.17) is 44.1 Å².